The van der Waals surface area contributed by atoms with Gasteiger partial charge < -0.3 is 10.2 Å². The van der Waals surface area contributed by atoms with E-state index < -0.39 is 0 Å². The van der Waals surface area contributed by atoms with Crippen LogP contribution in [0.25, 0.3) is 0 Å². The number of aryl methyl sites for hydroxylation is 1. The molecule has 0 aliphatic carbocycles. The first-order valence-electron chi connectivity index (χ1n) is 8.86. The summed E-state index contributed by atoms with van der Waals surface area (Å²) < 4.78 is 0. The van der Waals surface area contributed by atoms with Crippen LogP contribution >= 0.6 is 11.8 Å². The summed E-state index contributed by atoms with van der Waals surface area (Å²) >= 11 is 1.62. The lowest BCUT2D eigenvalue weighted by atomic mass is 10.0. The maximum Gasteiger partial charge on any atom is 0.252 e. The molecule has 1 saturated heterocycles. The zero-order valence-corrected chi connectivity index (χ0v) is 16.0. The quantitative estimate of drug-likeness (QED) is 0.789. The molecule has 0 saturated carbocycles. The van der Waals surface area contributed by atoms with Gasteiger partial charge in [-0.1, -0.05) is 36.4 Å². The summed E-state index contributed by atoms with van der Waals surface area (Å²) in [5.41, 5.74) is 2.65. The second kappa shape index (κ2) is 8.41. The Bertz CT molecular complexity index is 792. The Labute approximate surface area is 159 Å². The number of thioether (sulfide) groups is 1. The summed E-state index contributed by atoms with van der Waals surface area (Å²) in [7, 11) is 0. The minimum Gasteiger partial charge on any atom is -0.343 e. The summed E-state index contributed by atoms with van der Waals surface area (Å²) in [5, 5.41) is 3.15. The van der Waals surface area contributed by atoms with Crippen molar-refractivity contribution in [1.82, 2.24) is 10.2 Å². The monoisotopic (exact) mass is 368 g/mol. The average Bonchev–Trinajstić information content (AvgIpc) is 3.07. The Hall–Kier alpha value is -2.27. The summed E-state index contributed by atoms with van der Waals surface area (Å²) in [6, 6.07) is 15.6. The predicted octanol–water partition coefficient (Wildman–Crippen LogP) is 3.81. The third-order valence-corrected chi connectivity index (χ3v) is 5.50. The van der Waals surface area contributed by atoms with Crippen molar-refractivity contribution in [3.05, 3.63) is 65.2 Å². The number of likely N-dealkylation sites (tertiary alicyclic amines) is 1. The molecule has 0 bridgehead atoms. The molecule has 26 heavy (non-hydrogen) atoms. The molecule has 3 rings (SSSR count). The maximum atomic E-state index is 12.9. The van der Waals surface area contributed by atoms with Crippen LogP contribution in [0.5, 0.6) is 0 Å². The van der Waals surface area contributed by atoms with Crippen LogP contribution in [0.2, 0.25) is 0 Å². The van der Waals surface area contributed by atoms with Gasteiger partial charge in [-0.05, 0) is 42.9 Å². The van der Waals surface area contributed by atoms with Gasteiger partial charge in [0, 0.05) is 30.0 Å². The molecule has 1 aliphatic rings. The average molecular weight is 369 g/mol. The fourth-order valence-corrected chi connectivity index (χ4v) is 3.69. The van der Waals surface area contributed by atoms with Crippen molar-refractivity contribution in [1.29, 1.82) is 0 Å². The highest BCUT2D eigenvalue weighted by atomic mass is 32.2. The van der Waals surface area contributed by atoms with Crippen molar-refractivity contribution in [3.8, 4) is 0 Å². The minimum atomic E-state index is -0.219. The van der Waals surface area contributed by atoms with Crippen molar-refractivity contribution in [3.63, 3.8) is 0 Å². The second-order valence-corrected chi connectivity index (χ2v) is 7.44. The first-order valence-corrected chi connectivity index (χ1v) is 10.1. The van der Waals surface area contributed by atoms with Gasteiger partial charge >= 0.3 is 0 Å². The highest BCUT2D eigenvalue weighted by molar-refractivity contribution is 7.98. The van der Waals surface area contributed by atoms with Crippen LogP contribution in [-0.4, -0.2) is 36.1 Å². The van der Waals surface area contributed by atoms with E-state index in [1.807, 2.05) is 66.6 Å². The molecular weight excluding hydrogens is 344 g/mol. The Morgan fingerprint density at radius 2 is 2.00 bits per heavy atom. The van der Waals surface area contributed by atoms with Gasteiger partial charge in [0.25, 0.3) is 5.91 Å². The van der Waals surface area contributed by atoms with Gasteiger partial charge in [-0.15, -0.1) is 11.8 Å². The highest BCUT2D eigenvalue weighted by Crippen LogP contribution is 2.22. The number of carbonyl (C=O) groups is 2. The molecule has 0 spiro atoms. The van der Waals surface area contributed by atoms with E-state index in [2.05, 4.69) is 5.32 Å². The van der Waals surface area contributed by atoms with E-state index in [0.29, 0.717) is 18.5 Å². The summed E-state index contributed by atoms with van der Waals surface area (Å²) in [6.07, 6.45) is 3.49. The third-order valence-electron chi connectivity index (χ3n) is 4.77. The van der Waals surface area contributed by atoms with Crippen LogP contribution in [0.1, 0.15) is 40.4 Å². The van der Waals surface area contributed by atoms with E-state index in [-0.39, 0.29) is 17.9 Å². The third kappa shape index (κ3) is 4.28. The number of nitrogens with one attached hydrogen (secondary N) is 1. The fourth-order valence-electron chi connectivity index (χ4n) is 3.25. The lowest BCUT2D eigenvalue weighted by molar-refractivity contribution is -0.128. The van der Waals surface area contributed by atoms with Crippen molar-refractivity contribution in [2.24, 2.45) is 0 Å². The van der Waals surface area contributed by atoms with E-state index in [4.69, 9.17) is 0 Å². The zero-order chi connectivity index (χ0) is 18.5. The van der Waals surface area contributed by atoms with Gasteiger partial charge in [-0.2, -0.15) is 0 Å². The lowest BCUT2D eigenvalue weighted by Gasteiger charge is -2.25. The molecule has 2 amide bonds. The smallest absolute Gasteiger partial charge is 0.252 e. The molecule has 0 unspecified atom stereocenters. The standard InChI is InChI=1S/C21H24N2O2S/c1-15-10-11-17(26-2)13-18(15)21(25)22-19(16-7-4-3-5-8-16)14-23-12-6-9-20(23)24/h3-5,7-8,10-11,13,19H,6,9,12,14H2,1-2H3,(H,22,25)/t19-/m1/s1. The van der Waals surface area contributed by atoms with Crippen molar-refractivity contribution in [2.45, 2.75) is 30.7 Å². The summed E-state index contributed by atoms with van der Waals surface area (Å²) in [6.45, 7) is 3.22. The number of rotatable bonds is 6. The van der Waals surface area contributed by atoms with Crippen LogP contribution < -0.4 is 5.32 Å². The van der Waals surface area contributed by atoms with Gasteiger partial charge in [0.15, 0.2) is 0 Å². The topological polar surface area (TPSA) is 49.4 Å². The van der Waals surface area contributed by atoms with Gasteiger partial charge in [-0.25, -0.2) is 0 Å². The Morgan fingerprint density at radius 1 is 1.23 bits per heavy atom. The van der Waals surface area contributed by atoms with Crippen molar-refractivity contribution in [2.75, 3.05) is 19.3 Å². The molecule has 1 N–H and O–H groups in total. The van der Waals surface area contributed by atoms with Crippen LogP contribution in [0.15, 0.2) is 53.4 Å². The first kappa shape index (κ1) is 18.5. The minimum absolute atomic E-state index is 0.0982. The van der Waals surface area contributed by atoms with Crippen LogP contribution in [0.3, 0.4) is 0 Å². The maximum absolute atomic E-state index is 12.9. The Kier molecular flexibility index (Phi) is 5.99. The molecule has 4 nitrogen and oxygen atoms in total. The largest absolute Gasteiger partial charge is 0.343 e. The predicted molar refractivity (Wildman–Crippen MR) is 105 cm³/mol. The number of benzene rings is 2. The van der Waals surface area contributed by atoms with Gasteiger partial charge in [-0.3, -0.25) is 9.59 Å². The second-order valence-electron chi connectivity index (χ2n) is 6.56. The molecule has 1 fully saturated rings. The van der Waals surface area contributed by atoms with E-state index in [1.165, 1.54) is 0 Å². The van der Waals surface area contributed by atoms with Crippen LogP contribution in [0.4, 0.5) is 0 Å². The molecule has 1 heterocycles. The zero-order valence-electron chi connectivity index (χ0n) is 15.2. The number of amides is 2. The molecular formula is C21H24N2O2S. The molecule has 0 radical (unpaired) electrons. The first-order chi connectivity index (χ1) is 12.6. The van der Waals surface area contributed by atoms with E-state index in [1.54, 1.807) is 11.8 Å². The molecule has 5 heteroatoms. The Morgan fingerprint density at radius 3 is 2.65 bits per heavy atom. The number of hydrogen-bond acceptors (Lipinski definition) is 3. The molecule has 2 aromatic rings. The summed E-state index contributed by atoms with van der Waals surface area (Å²) in [5.74, 6) is 0.0691. The number of hydrogen-bond donors (Lipinski definition) is 1. The molecule has 1 aliphatic heterocycles. The van der Waals surface area contributed by atoms with Gasteiger partial charge in [0.1, 0.15) is 0 Å². The van der Waals surface area contributed by atoms with E-state index in [0.717, 1.165) is 29.0 Å². The summed E-state index contributed by atoms with van der Waals surface area (Å²) in [4.78, 5) is 27.9. The number of nitrogens with zero attached hydrogens (tertiary/aromatic N) is 1. The molecule has 2 aromatic carbocycles. The molecule has 136 valence electrons. The van der Waals surface area contributed by atoms with E-state index >= 15 is 0 Å². The van der Waals surface area contributed by atoms with Crippen molar-refractivity contribution < 1.29 is 9.59 Å². The van der Waals surface area contributed by atoms with Crippen LogP contribution in [0, 0.1) is 6.92 Å². The Balaban J connectivity index is 1.83. The van der Waals surface area contributed by atoms with Gasteiger partial charge in [0.2, 0.25) is 5.91 Å². The SMILES string of the molecule is CSc1ccc(C)c(C(=O)N[C@H](CN2CCCC2=O)c2ccccc2)c1. The number of carbonyl (C=O) groups excluding carboxylic acids is 2. The lowest BCUT2D eigenvalue weighted by Crippen LogP contribution is -2.38. The highest BCUT2D eigenvalue weighted by Gasteiger charge is 2.25. The van der Waals surface area contributed by atoms with Gasteiger partial charge in [0.05, 0.1) is 6.04 Å². The molecule has 0 aromatic heterocycles. The fraction of sp³-hybridized carbons (Fsp3) is 0.333. The molecule has 1 atom stereocenters. The van der Waals surface area contributed by atoms with Crippen molar-refractivity contribution >= 4 is 23.6 Å². The van der Waals surface area contributed by atoms with E-state index in [9.17, 15) is 9.59 Å². The van der Waals surface area contributed by atoms with Crippen LogP contribution in [-0.2, 0) is 4.79 Å². The normalized spacial score (nSPS) is 15.2.